The summed E-state index contributed by atoms with van der Waals surface area (Å²) in [5.41, 5.74) is 6.37. The van der Waals surface area contributed by atoms with E-state index in [1.165, 1.54) is 30.9 Å². The van der Waals surface area contributed by atoms with Gasteiger partial charge in [-0.2, -0.15) is 0 Å². The fourth-order valence-corrected chi connectivity index (χ4v) is 7.62. The molecule has 4 aromatic rings. The zero-order chi connectivity index (χ0) is 27.9. The molecule has 4 aromatic carbocycles. The number of carbonyl (C=O) groups excluding carboxylic acids is 1. The maximum Gasteiger partial charge on any atom is 0.221 e. The molecule has 3 heterocycles. The molecular formula is C36H36N2O3. The third kappa shape index (κ3) is 4.89. The Bertz CT molecular complexity index is 1570. The van der Waals surface area contributed by atoms with Crippen LogP contribution in [-0.2, 0) is 11.2 Å². The Morgan fingerprint density at radius 2 is 1.66 bits per heavy atom. The molecule has 3 atom stereocenters. The zero-order valence-electron chi connectivity index (χ0n) is 23.4. The van der Waals surface area contributed by atoms with Gasteiger partial charge in [0.15, 0.2) is 11.5 Å². The third-order valence-electron chi connectivity index (χ3n) is 9.36. The smallest absolute Gasteiger partial charge is 0.221 e. The fraction of sp³-hybridized carbons (Fsp3) is 0.306. The van der Waals surface area contributed by atoms with Crippen LogP contribution in [0.3, 0.4) is 0 Å². The number of nitrogens with zero attached hydrogens (tertiary/aromatic N) is 1. The van der Waals surface area contributed by atoms with Gasteiger partial charge in [-0.1, -0.05) is 72.8 Å². The highest BCUT2D eigenvalue weighted by molar-refractivity contribution is 5.94. The molecule has 208 valence electrons. The number of hydrogen-bond donors (Lipinski definition) is 2. The summed E-state index contributed by atoms with van der Waals surface area (Å²) in [4.78, 5) is 14.6. The minimum atomic E-state index is -0.102. The number of amides is 1. The van der Waals surface area contributed by atoms with Gasteiger partial charge in [-0.25, -0.2) is 0 Å². The van der Waals surface area contributed by atoms with Gasteiger partial charge < -0.3 is 15.2 Å². The molecule has 5 nitrogen and oxygen atoms in total. The topological polar surface area (TPSA) is 61.8 Å². The Morgan fingerprint density at radius 3 is 2.44 bits per heavy atom. The molecule has 2 N–H and O–H groups in total. The molecule has 3 unspecified atom stereocenters. The van der Waals surface area contributed by atoms with Crippen molar-refractivity contribution < 1.29 is 14.6 Å². The van der Waals surface area contributed by atoms with Crippen molar-refractivity contribution in [2.45, 2.75) is 57.0 Å². The maximum absolute atomic E-state index is 11.8. The normalized spacial score (nSPS) is 22.9. The van der Waals surface area contributed by atoms with Crippen molar-refractivity contribution in [1.82, 2.24) is 4.90 Å². The highest BCUT2D eigenvalue weighted by Crippen LogP contribution is 2.55. The molecule has 1 amide bonds. The van der Waals surface area contributed by atoms with Crippen LogP contribution in [0.5, 0.6) is 17.2 Å². The lowest BCUT2D eigenvalue weighted by atomic mass is 9.72. The molecular weight excluding hydrogens is 508 g/mol. The van der Waals surface area contributed by atoms with Gasteiger partial charge >= 0.3 is 0 Å². The summed E-state index contributed by atoms with van der Waals surface area (Å²) in [6, 6.07) is 32.1. The SMILES string of the molecule is CC(=O)Nc1ccccc1-c1ccc2c(c1)Oc1c(O)cccc1C2C1CC2CCC(C1)N2CCc1ccccc1. The quantitative estimate of drug-likeness (QED) is 0.261. The van der Waals surface area contributed by atoms with Gasteiger partial charge in [-0.15, -0.1) is 0 Å². The number of benzene rings is 4. The van der Waals surface area contributed by atoms with Crippen molar-refractivity contribution in [1.29, 1.82) is 0 Å². The van der Waals surface area contributed by atoms with E-state index in [0.717, 1.165) is 53.9 Å². The first kappa shape index (κ1) is 25.8. The average molecular weight is 545 g/mol. The van der Waals surface area contributed by atoms with Crippen LogP contribution in [0.25, 0.3) is 11.1 Å². The zero-order valence-corrected chi connectivity index (χ0v) is 23.4. The van der Waals surface area contributed by atoms with E-state index in [1.807, 2.05) is 30.3 Å². The van der Waals surface area contributed by atoms with Gasteiger partial charge in [0.1, 0.15) is 5.75 Å². The summed E-state index contributed by atoms with van der Waals surface area (Å²) < 4.78 is 6.44. The van der Waals surface area contributed by atoms with Gasteiger partial charge in [0, 0.05) is 53.8 Å². The van der Waals surface area contributed by atoms with E-state index < -0.39 is 0 Å². The molecule has 5 heteroatoms. The number of hydrogen-bond acceptors (Lipinski definition) is 4. The Kier molecular flexibility index (Phi) is 6.76. The lowest BCUT2D eigenvalue weighted by Gasteiger charge is -2.43. The van der Waals surface area contributed by atoms with Crippen LogP contribution in [0, 0.1) is 5.92 Å². The standard InChI is InChI=1S/C36H36N2O3/c1-23(39)37-32-12-6-5-10-29(32)25-14-17-30-34(22-25)41-36-31(11-7-13-33(36)40)35(30)26-20-27-15-16-28(21-26)38(27)19-18-24-8-3-2-4-9-24/h2-14,17,22,26-28,35,40H,15-16,18-21H2,1H3,(H,37,39). The van der Waals surface area contributed by atoms with Gasteiger partial charge in [0.25, 0.3) is 0 Å². The first-order valence-electron chi connectivity index (χ1n) is 14.9. The number of ether oxygens (including phenoxy) is 1. The Labute approximate surface area is 241 Å². The van der Waals surface area contributed by atoms with Crippen LogP contribution in [0.1, 0.15) is 55.2 Å². The van der Waals surface area contributed by atoms with E-state index in [0.29, 0.717) is 23.8 Å². The highest BCUT2D eigenvalue weighted by Gasteiger charge is 2.45. The predicted octanol–water partition coefficient (Wildman–Crippen LogP) is 7.74. The minimum absolute atomic E-state index is 0.102. The Balaban J connectivity index is 1.20. The molecule has 3 aliphatic heterocycles. The molecule has 41 heavy (non-hydrogen) atoms. The van der Waals surface area contributed by atoms with Gasteiger partial charge in [0.05, 0.1) is 0 Å². The molecule has 0 aromatic heterocycles. The summed E-state index contributed by atoms with van der Waals surface area (Å²) in [5.74, 6) is 2.09. The molecule has 7 rings (SSSR count). The second kappa shape index (κ2) is 10.7. The second-order valence-corrected chi connectivity index (χ2v) is 11.8. The molecule has 2 bridgehead atoms. The highest BCUT2D eigenvalue weighted by atomic mass is 16.5. The van der Waals surface area contributed by atoms with E-state index in [2.05, 4.69) is 64.8 Å². The number of anilines is 1. The van der Waals surface area contributed by atoms with Crippen molar-refractivity contribution in [2.75, 3.05) is 11.9 Å². The van der Waals surface area contributed by atoms with E-state index in [1.54, 1.807) is 6.07 Å². The minimum Gasteiger partial charge on any atom is -0.504 e. The van der Waals surface area contributed by atoms with Crippen molar-refractivity contribution in [3.8, 4) is 28.4 Å². The number of para-hydroxylation sites is 2. The predicted molar refractivity (Wildman–Crippen MR) is 163 cm³/mol. The largest absolute Gasteiger partial charge is 0.504 e. The van der Waals surface area contributed by atoms with E-state index in [4.69, 9.17) is 4.74 Å². The Morgan fingerprint density at radius 1 is 0.902 bits per heavy atom. The van der Waals surface area contributed by atoms with Crippen LogP contribution in [0.15, 0.2) is 91.0 Å². The van der Waals surface area contributed by atoms with Crippen molar-refractivity contribution >= 4 is 11.6 Å². The first-order valence-corrected chi connectivity index (χ1v) is 14.9. The van der Waals surface area contributed by atoms with Crippen LogP contribution in [0.2, 0.25) is 0 Å². The van der Waals surface area contributed by atoms with Gasteiger partial charge in [-0.05, 0) is 67.3 Å². The summed E-state index contributed by atoms with van der Waals surface area (Å²) in [6.07, 6.45) is 5.92. The van der Waals surface area contributed by atoms with E-state index >= 15 is 0 Å². The molecule has 0 aliphatic carbocycles. The molecule has 0 spiro atoms. The van der Waals surface area contributed by atoms with Crippen LogP contribution in [0.4, 0.5) is 5.69 Å². The summed E-state index contributed by atoms with van der Waals surface area (Å²) in [5, 5.41) is 13.8. The molecule has 2 saturated heterocycles. The number of aromatic hydroxyl groups is 1. The molecule has 0 radical (unpaired) electrons. The molecule has 3 aliphatic rings. The van der Waals surface area contributed by atoms with Crippen LogP contribution >= 0.6 is 0 Å². The number of phenols is 1. The number of carbonyl (C=O) groups is 1. The van der Waals surface area contributed by atoms with E-state index in [9.17, 15) is 9.90 Å². The van der Waals surface area contributed by atoms with Crippen molar-refractivity contribution in [3.63, 3.8) is 0 Å². The van der Waals surface area contributed by atoms with Gasteiger partial charge in [0.2, 0.25) is 5.91 Å². The summed E-state index contributed by atoms with van der Waals surface area (Å²) in [6.45, 7) is 2.64. The molecule has 2 fully saturated rings. The van der Waals surface area contributed by atoms with Crippen LogP contribution < -0.4 is 10.1 Å². The Hall–Kier alpha value is -4.09. The van der Waals surface area contributed by atoms with Gasteiger partial charge in [-0.3, -0.25) is 9.69 Å². The van der Waals surface area contributed by atoms with Crippen molar-refractivity contribution in [3.05, 3.63) is 108 Å². The lowest BCUT2D eigenvalue weighted by Crippen LogP contribution is -2.45. The fourth-order valence-electron chi connectivity index (χ4n) is 7.62. The van der Waals surface area contributed by atoms with Crippen molar-refractivity contribution in [2.24, 2.45) is 5.92 Å². The number of fused-ring (bicyclic) bond motifs is 4. The maximum atomic E-state index is 11.8. The summed E-state index contributed by atoms with van der Waals surface area (Å²) in [7, 11) is 0. The molecule has 0 saturated carbocycles. The number of piperidine rings is 1. The monoisotopic (exact) mass is 544 g/mol. The average Bonchev–Trinajstić information content (AvgIpc) is 3.22. The third-order valence-corrected chi connectivity index (χ3v) is 9.36. The lowest BCUT2D eigenvalue weighted by molar-refractivity contribution is -0.114. The summed E-state index contributed by atoms with van der Waals surface area (Å²) >= 11 is 0. The number of rotatable bonds is 6. The van der Waals surface area contributed by atoms with E-state index in [-0.39, 0.29) is 17.6 Å². The first-order chi connectivity index (χ1) is 20.0. The number of phenolic OH excluding ortho intramolecular Hbond substituents is 1. The number of nitrogens with one attached hydrogen (secondary N) is 1. The van der Waals surface area contributed by atoms with Crippen LogP contribution in [-0.4, -0.2) is 34.5 Å². The second-order valence-electron chi connectivity index (χ2n) is 11.8.